The molecule has 0 spiro atoms. The van der Waals surface area contributed by atoms with Gasteiger partial charge in [-0.15, -0.1) is 0 Å². The van der Waals surface area contributed by atoms with Crippen molar-refractivity contribution in [3.8, 4) is 102 Å². The van der Waals surface area contributed by atoms with Gasteiger partial charge in [-0.05, 0) is 30.3 Å². The van der Waals surface area contributed by atoms with Crippen LogP contribution in [0.15, 0.2) is 218 Å². The zero-order valence-electron chi connectivity index (χ0n) is 32.5. The summed E-state index contributed by atoms with van der Waals surface area (Å²) in [6, 6.07) is 73.8. The van der Waals surface area contributed by atoms with E-state index >= 15 is 0 Å². The highest BCUT2D eigenvalue weighted by Crippen LogP contribution is 2.34. The third-order valence-corrected chi connectivity index (χ3v) is 10.3. The van der Waals surface area contributed by atoms with Crippen LogP contribution >= 0.6 is 0 Å². The van der Waals surface area contributed by atoms with Crippen molar-refractivity contribution in [1.29, 1.82) is 0 Å². The summed E-state index contributed by atoms with van der Waals surface area (Å²) in [7, 11) is 0. The number of hydrogen-bond donors (Lipinski definition) is 0. The van der Waals surface area contributed by atoms with Crippen LogP contribution in [0.2, 0.25) is 0 Å². The van der Waals surface area contributed by atoms with E-state index in [1.165, 1.54) is 0 Å². The molecule has 6 heteroatoms. The average molecular weight is 769 g/mol. The predicted octanol–water partition coefficient (Wildman–Crippen LogP) is 13.1. The van der Waals surface area contributed by atoms with Gasteiger partial charge in [-0.3, -0.25) is 0 Å². The van der Waals surface area contributed by atoms with Crippen LogP contribution in [0.1, 0.15) is 0 Å². The molecule has 6 nitrogen and oxygen atoms in total. The first kappa shape index (κ1) is 36.1. The Morgan fingerprint density at radius 3 is 0.683 bits per heavy atom. The molecule has 10 aromatic rings. The Hall–Kier alpha value is -8.22. The second-order valence-corrected chi connectivity index (χ2v) is 14.4. The standard InChI is InChI=1S/C54H36N6/c1-6-18-37(19-7-1)46-34-47(38-20-8-2-9-21-38)56-53(55-46)44-30-16-28-42(32-44)50-36-51(60-52(59-50)41-26-14-5-15-27-41)43-29-17-31-45(33-43)54-57-48(39-22-10-3-11-23-39)35-49(58-54)40-24-12-4-13-25-40/h1-36H. The van der Waals surface area contributed by atoms with Crippen LogP contribution in [0, 0.1) is 0 Å². The van der Waals surface area contributed by atoms with Gasteiger partial charge in [0.1, 0.15) is 0 Å². The molecule has 7 aromatic carbocycles. The average Bonchev–Trinajstić information content (AvgIpc) is 3.35. The molecule has 0 N–H and O–H groups in total. The molecular weight excluding hydrogens is 733 g/mol. The molecule has 282 valence electrons. The fourth-order valence-corrected chi connectivity index (χ4v) is 7.27. The molecule has 0 aliphatic heterocycles. The van der Waals surface area contributed by atoms with Gasteiger partial charge in [0.15, 0.2) is 17.5 Å². The zero-order valence-corrected chi connectivity index (χ0v) is 32.5. The van der Waals surface area contributed by atoms with E-state index in [1.807, 2.05) is 115 Å². The summed E-state index contributed by atoms with van der Waals surface area (Å²) >= 11 is 0. The van der Waals surface area contributed by atoms with Crippen LogP contribution < -0.4 is 0 Å². The second-order valence-electron chi connectivity index (χ2n) is 14.4. The van der Waals surface area contributed by atoms with Gasteiger partial charge in [0, 0.05) is 50.1 Å². The van der Waals surface area contributed by atoms with Crippen LogP contribution in [0.3, 0.4) is 0 Å². The van der Waals surface area contributed by atoms with Crippen molar-refractivity contribution < 1.29 is 0 Å². The summed E-state index contributed by atoms with van der Waals surface area (Å²) in [4.78, 5) is 30.7. The third kappa shape index (κ3) is 7.73. The first-order valence-electron chi connectivity index (χ1n) is 19.9. The highest BCUT2D eigenvalue weighted by atomic mass is 14.9. The smallest absolute Gasteiger partial charge is 0.160 e. The van der Waals surface area contributed by atoms with E-state index in [0.29, 0.717) is 17.5 Å². The van der Waals surface area contributed by atoms with Crippen molar-refractivity contribution in [3.63, 3.8) is 0 Å². The summed E-state index contributed by atoms with van der Waals surface area (Å²) in [5.41, 5.74) is 13.6. The summed E-state index contributed by atoms with van der Waals surface area (Å²) in [5.74, 6) is 1.89. The van der Waals surface area contributed by atoms with Gasteiger partial charge in [-0.2, -0.15) is 0 Å². The summed E-state index contributed by atoms with van der Waals surface area (Å²) < 4.78 is 0. The number of hydrogen-bond acceptors (Lipinski definition) is 6. The van der Waals surface area contributed by atoms with Gasteiger partial charge < -0.3 is 0 Å². The van der Waals surface area contributed by atoms with Gasteiger partial charge in [0.25, 0.3) is 0 Å². The first-order chi connectivity index (χ1) is 29.7. The first-order valence-corrected chi connectivity index (χ1v) is 19.9. The second kappa shape index (κ2) is 16.3. The van der Waals surface area contributed by atoms with E-state index in [4.69, 9.17) is 29.9 Å². The van der Waals surface area contributed by atoms with E-state index < -0.39 is 0 Å². The van der Waals surface area contributed by atoms with Crippen molar-refractivity contribution in [2.75, 3.05) is 0 Å². The minimum absolute atomic E-state index is 0.626. The maximum Gasteiger partial charge on any atom is 0.160 e. The predicted molar refractivity (Wildman–Crippen MR) is 242 cm³/mol. The van der Waals surface area contributed by atoms with E-state index in [0.717, 1.165) is 84.2 Å². The van der Waals surface area contributed by atoms with E-state index in [1.54, 1.807) is 0 Å². The van der Waals surface area contributed by atoms with E-state index in [9.17, 15) is 0 Å². The Kier molecular flexibility index (Phi) is 9.84. The third-order valence-electron chi connectivity index (χ3n) is 10.3. The maximum absolute atomic E-state index is 5.16. The molecule has 0 aliphatic carbocycles. The Balaban J connectivity index is 1.09. The van der Waals surface area contributed by atoms with Crippen LogP contribution in [-0.4, -0.2) is 29.9 Å². The lowest BCUT2D eigenvalue weighted by atomic mass is 10.0. The molecule has 0 bridgehead atoms. The topological polar surface area (TPSA) is 77.3 Å². The number of rotatable bonds is 9. The van der Waals surface area contributed by atoms with E-state index in [2.05, 4.69) is 103 Å². The van der Waals surface area contributed by atoms with Crippen molar-refractivity contribution in [1.82, 2.24) is 29.9 Å². The lowest BCUT2D eigenvalue weighted by Crippen LogP contribution is -1.98. The van der Waals surface area contributed by atoms with Crippen molar-refractivity contribution in [2.24, 2.45) is 0 Å². The molecule has 0 saturated heterocycles. The van der Waals surface area contributed by atoms with Gasteiger partial charge in [-0.1, -0.05) is 188 Å². The molecule has 10 rings (SSSR count). The monoisotopic (exact) mass is 768 g/mol. The Morgan fingerprint density at radius 2 is 0.383 bits per heavy atom. The molecule has 0 fully saturated rings. The Morgan fingerprint density at radius 1 is 0.167 bits per heavy atom. The van der Waals surface area contributed by atoms with Crippen molar-refractivity contribution in [3.05, 3.63) is 218 Å². The molecule has 60 heavy (non-hydrogen) atoms. The fourth-order valence-electron chi connectivity index (χ4n) is 7.27. The van der Waals surface area contributed by atoms with Crippen LogP contribution in [0.4, 0.5) is 0 Å². The van der Waals surface area contributed by atoms with Crippen LogP contribution in [-0.2, 0) is 0 Å². The highest BCUT2D eigenvalue weighted by Gasteiger charge is 2.16. The molecule has 3 heterocycles. The van der Waals surface area contributed by atoms with Crippen LogP contribution in [0.25, 0.3) is 102 Å². The van der Waals surface area contributed by atoms with Crippen LogP contribution in [0.5, 0.6) is 0 Å². The molecule has 0 unspecified atom stereocenters. The lowest BCUT2D eigenvalue weighted by Gasteiger charge is -2.13. The normalized spacial score (nSPS) is 11.0. The molecule has 0 saturated carbocycles. The molecule has 3 aromatic heterocycles. The Labute approximate surface area is 348 Å². The molecular formula is C54H36N6. The quantitative estimate of drug-likeness (QED) is 0.145. The lowest BCUT2D eigenvalue weighted by molar-refractivity contribution is 1.17. The maximum atomic E-state index is 5.16. The summed E-state index contributed by atoms with van der Waals surface area (Å²) in [5, 5.41) is 0. The molecule has 0 radical (unpaired) electrons. The summed E-state index contributed by atoms with van der Waals surface area (Å²) in [6.07, 6.45) is 0. The largest absolute Gasteiger partial charge is 0.228 e. The van der Waals surface area contributed by atoms with Gasteiger partial charge in [0.05, 0.1) is 34.2 Å². The number of benzene rings is 7. The minimum atomic E-state index is 0.626. The van der Waals surface area contributed by atoms with Crippen molar-refractivity contribution in [2.45, 2.75) is 0 Å². The minimum Gasteiger partial charge on any atom is -0.228 e. The number of aromatic nitrogens is 6. The number of nitrogens with zero attached hydrogens (tertiary/aromatic N) is 6. The SMILES string of the molecule is c1ccc(-c2cc(-c3ccccc3)nc(-c3cccc(-c4cc(-c5cccc(-c6nc(-c7ccccc7)cc(-c7ccccc7)n6)c5)nc(-c5ccccc5)n4)c3)n2)cc1. The van der Waals surface area contributed by atoms with E-state index in [-0.39, 0.29) is 0 Å². The fraction of sp³-hybridized carbons (Fsp3) is 0. The molecule has 0 amide bonds. The molecule has 0 aliphatic rings. The molecule has 0 atom stereocenters. The Bertz CT molecular complexity index is 2760. The van der Waals surface area contributed by atoms with Gasteiger partial charge in [0.2, 0.25) is 0 Å². The summed E-state index contributed by atoms with van der Waals surface area (Å²) in [6.45, 7) is 0. The van der Waals surface area contributed by atoms with Crippen molar-refractivity contribution >= 4 is 0 Å². The van der Waals surface area contributed by atoms with Gasteiger partial charge >= 0.3 is 0 Å². The highest BCUT2D eigenvalue weighted by molar-refractivity contribution is 5.79. The van der Waals surface area contributed by atoms with Gasteiger partial charge in [-0.25, -0.2) is 29.9 Å². The zero-order chi connectivity index (χ0) is 40.1.